The lowest BCUT2D eigenvalue weighted by Crippen LogP contribution is -2.46. The third-order valence-corrected chi connectivity index (χ3v) is 8.47. The molecule has 0 saturated carbocycles. The molecule has 2 aromatic heterocycles. The number of hydrogen-bond acceptors (Lipinski definition) is 8. The van der Waals surface area contributed by atoms with Crippen molar-refractivity contribution >= 4 is 39.9 Å². The first-order chi connectivity index (χ1) is 20.2. The van der Waals surface area contributed by atoms with E-state index >= 15 is 0 Å². The number of nitrogens with one attached hydrogen (secondary N) is 1. The third kappa shape index (κ3) is 6.42. The number of carbonyl (C=O) groups is 2. The lowest BCUT2D eigenvalue weighted by Gasteiger charge is -2.32. The van der Waals surface area contributed by atoms with Gasteiger partial charge in [-0.3, -0.25) is 9.59 Å². The number of thiophene rings is 1. The van der Waals surface area contributed by atoms with Gasteiger partial charge in [-0.25, -0.2) is 4.68 Å². The van der Waals surface area contributed by atoms with Crippen LogP contribution in [0.15, 0.2) is 66.0 Å². The summed E-state index contributed by atoms with van der Waals surface area (Å²) in [6, 6.07) is 18.6. The van der Waals surface area contributed by atoms with Crippen LogP contribution in [0.1, 0.15) is 29.3 Å². The Kier molecular flexibility index (Phi) is 8.54. The number of carbonyl (C=O) groups excluding carboxylic acids is 2. The number of para-hydroxylation sites is 1. The number of nitrogens with zero attached hydrogens (tertiary/aromatic N) is 5. The molecule has 0 bridgehead atoms. The number of aromatic nitrogens is 3. The Balaban J connectivity index is 1.32. The molecule has 6 rings (SSSR count). The van der Waals surface area contributed by atoms with Crippen molar-refractivity contribution < 1.29 is 19.1 Å². The Bertz CT molecular complexity index is 1450. The highest BCUT2D eigenvalue weighted by Crippen LogP contribution is 2.28. The van der Waals surface area contributed by atoms with Crippen molar-refractivity contribution in [1.82, 2.24) is 25.2 Å². The number of anilines is 1. The number of hydrogen-bond donors (Lipinski definition) is 1. The van der Waals surface area contributed by atoms with E-state index in [1.54, 1.807) is 20.9 Å². The largest absolute Gasteiger partial charge is 0.378 e. The standard InChI is InChI=1S/C30H34N6O4S/c37-28(21-36-27-8-2-1-7-26(27)32-33-36)35(20-25-6-4-18-41-25)29(30(38)31-19-24-5-3-15-40-24)22-9-11-23(12-10-22)34-13-16-39-17-14-34/h1-2,4,6-12,18,24,29H,3,5,13-17,19-21H2,(H,31,38). The van der Waals surface area contributed by atoms with Crippen molar-refractivity contribution in [3.63, 3.8) is 0 Å². The van der Waals surface area contributed by atoms with Crippen molar-refractivity contribution in [2.24, 2.45) is 0 Å². The Morgan fingerprint density at radius 1 is 1.05 bits per heavy atom. The number of benzene rings is 2. The molecule has 214 valence electrons. The van der Waals surface area contributed by atoms with Crippen LogP contribution in [0.5, 0.6) is 0 Å². The maximum atomic E-state index is 14.1. The minimum Gasteiger partial charge on any atom is -0.378 e. The van der Waals surface area contributed by atoms with Crippen molar-refractivity contribution in [2.45, 2.75) is 38.1 Å². The number of amides is 2. The Morgan fingerprint density at radius 3 is 2.63 bits per heavy atom. The Morgan fingerprint density at radius 2 is 1.88 bits per heavy atom. The van der Waals surface area contributed by atoms with Crippen molar-refractivity contribution in [1.29, 1.82) is 0 Å². The monoisotopic (exact) mass is 574 g/mol. The molecule has 1 N–H and O–H groups in total. The summed E-state index contributed by atoms with van der Waals surface area (Å²) in [5.74, 6) is -0.448. The van der Waals surface area contributed by atoms with Crippen LogP contribution in [0, 0.1) is 0 Å². The molecule has 2 aliphatic heterocycles. The van der Waals surface area contributed by atoms with Gasteiger partial charge in [0.1, 0.15) is 18.1 Å². The fraction of sp³-hybridized carbons (Fsp3) is 0.400. The van der Waals surface area contributed by atoms with Crippen molar-refractivity contribution in [2.75, 3.05) is 44.4 Å². The highest BCUT2D eigenvalue weighted by Gasteiger charge is 2.33. The van der Waals surface area contributed by atoms with E-state index in [1.165, 1.54) is 0 Å². The van der Waals surface area contributed by atoms with E-state index in [0.29, 0.717) is 32.9 Å². The molecule has 2 saturated heterocycles. The minimum absolute atomic E-state index is 0.00810. The van der Waals surface area contributed by atoms with E-state index in [9.17, 15) is 9.59 Å². The molecule has 41 heavy (non-hydrogen) atoms. The molecule has 0 radical (unpaired) electrons. The van der Waals surface area contributed by atoms with Gasteiger partial charge in [0.2, 0.25) is 11.8 Å². The molecule has 0 aliphatic carbocycles. The van der Waals surface area contributed by atoms with Gasteiger partial charge in [-0.15, -0.1) is 16.4 Å². The SMILES string of the molecule is O=C(NCC1CCCO1)C(c1ccc(N2CCOCC2)cc1)N(Cc1cccs1)C(=O)Cn1nnc2ccccc21. The highest BCUT2D eigenvalue weighted by molar-refractivity contribution is 7.09. The maximum absolute atomic E-state index is 14.1. The summed E-state index contributed by atoms with van der Waals surface area (Å²) in [5.41, 5.74) is 3.31. The molecule has 10 nitrogen and oxygen atoms in total. The number of morpholine rings is 1. The van der Waals surface area contributed by atoms with Gasteiger partial charge >= 0.3 is 0 Å². The average molecular weight is 575 g/mol. The zero-order valence-electron chi connectivity index (χ0n) is 22.9. The lowest BCUT2D eigenvalue weighted by atomic mass is 10.0. The molecule has 2 unspecified atom stereocenters. The second kappa shape index (κ2) is 12.8. The van der Waals surface area contributed by atoms with Crippen LogP contribution in [0.25, 0.3) is 11.0 Å². The molecule has 11 heteroatoms. The fourth-order valence-electron chi connectivity index (χ4n) is 5.43. The molecular weight excluding hydrogens is 540 g/mol. The first-order valence-corrected chi connectivity index (χ1v) is 15.0. The summed E-state index contributed by atoms with van der Waals surface area (Å²) in [7, 11) is 0. The van der Waals surface area contributed by atoms with E-state index in [-0.39, 0.29) is 24.5 Å². The predicted octanol–water partition coefficient (Wildman–Crippen LogP) is 3.39. The number of ether oxygens (including phenoxy) is 2. The first-order valence-electron chi connectivity index (χ1n) is 14.1. The predicted molar refractivity (Wildman–Crippen MR) is 157 cm³/mol. The summed E-state index contributed by atoms with van der Waals surface area (Å²) < 4.78 is 12.8. The molecule has 2 fully saturated rings. The summed E-state index contributed by atoms with van der Waals surface area (Å²) in [6.45, 7) is 4.41. The van der Waals surface area contributed by atoms with Gasteiger partial charge in [0, 0.05) is 36.8 Å². The molecule has 2 aliphatic rings. The summed E-state index contributed by atoms with van der Waals surface area (Å²) in [6.07, 6.45) is 1.89. The van der Waals surface area contributed by atoms with Crippen LogP contribution in [0.2, 0.25) is 0 Å². The number of rotatable bonds is 10. The number of fused-ring (bicyclic) bond motifs is 1. The van der Waals surface area contributed by atoms with Crippen molar-refractivity contribution in [3.05, 3.63) is 76.5 Å². The van der Waals surface area contributed by atoms with Crippen molar-refractivity contribution in [3.8, 4) is 0 Å². The van der Waals surface area contributed by atoms with Gasteiger partial charge in [0.15, 0.2) is 0 Å². The summed E-state index contributed by atoms with van der Waals surface area (Å²) in [5, 5.41) is 13.5. The van der Waals surface area contributed by atoms with Crippen LogP contribution >= 0.6 is 11.3 Å². The molecule has 4 heterocycles. The van der Waals surface area contributed by atoms with Gasteiger partial charge in [0.05, 0.1) is 31.4 Å². The van der Waals surface area contributed by atoms with Crippen LogP contribution in [-0.4, -0.2) is 77.3 Å². The van der Waals surface area contributed by atoms with Gasteiger partial charge < -0.3 is 24.6 Å². The van der Waals surface area contributed by atoms with Gasteiger partial charge in [0.25, 0.3) is 0 Å². The van der Waals surface area contributed by atoms with Gasteiger partial charge in [-0.1, -0.05) is 35.5 Å². The van der Waals surface area contributed by atoms with E-state index in [0.717, 1.165) is 53.1 Å². The molecule has 2 atom stereocenters. The molecule has 0 spiro atoms. The maximum Gasteiger partial charge on any atom is 0.247 e. The van der Waals surface area contributed by atoms with Crippen LogP contribution in [0.3, 0.4) is 0 Å². The highest BCUT2D eigenvalue weighted by atomic mass is 32.1. The average Bonchev–Trinajstić information content (AvgIpc) is 3.80. The van der Waals surface area contributed by atoms with Crippen LogP contribution in [-0.2, 0) is 32.2 Å². The summed E-state index contributed by atoms with van der Waals surface area (Å²) in [4.78, 5) is 33.0. The molecule has 2 aromatic carbocycles. The third-order valence-electron chi connectivity index (χ3n) is 7.60. The van der Waals surface area contributed by atoms with E-state index < -0.39 is 6.04 Å². The normalized spacial score (nSPS) is 18.0. The van der Waals surface area contributed by atoms with Gasteiger partial charge in [-0.05, 0) is 54.1 Å². The molecular formula is C30H34N6O4S. The van der Waals surface area contributed by atoms with Crippen LogP contribution in [0.4, 0.5) is 5.69 Å². The Labute approximate surface area is 242 Å². The second-order valence-electron chi connectivity index (χ2n) is 10.3. The first kappa shape index (κ1) is 27.4. The quantitative estimate of drug-likeness (QED) is 0.310. The minimum atomic E-state index is -0.834. The smallest absolute Gasteiger partial charge is 0.247 e. The van der Waals surface area contributed by atoms with Crippen LogP contribution < -0.4 is 10.2 Å². The Hall–Kier alpha value is -3.80. The second-order valence-corrected chi connectivity index (χ2v) is 11.3. The zero-order chi connectivity index (χ0) is 28.0. The zero-order valence-corrected chi connectivity index (χ0v) is 23.7. The van der Waals surface area contributed by atoms with E-state index in [4.69, 9.17) is 9.47 Å². The fourth-order valence-corrected chi connectivity index (χ4v) is 6.13. The molecule has 2 amide bonds. The van der Waals surface area contributed by atoms with E-state index in [1.807, 2.05) is 66.0 Å². The topological polar surface area (TPSA) is 102 Å². The van der Waals surface area contributed by atoms with Gasteiger partial charge in [-0.2, -0.15) is 0 Å². The lowest BCUT2D eigenvalue weighted by molar-refractivity contribution is -0.142. The van der Waals surface area contributed by atoms with E-state index in [2.05, 4.69) is 20.5 Å². The summed E-state index contributed by atoms with van der Waals surface area (Å²) >= 11 is 1.56. The molecule has 4 aromatic rings.